The predicted molar refractivity (Wildman–Crippen MR) is 70.5 cm³/mol. The molecule has 0 unspecified atom stereocenters. The molecule has 0 amide bonds. The van der Waals surface area contributed by atoms with Crippen LogP contribution < -0.4 is 4.74 Å². The van der Waals surface area contributed by atoms with Crippen LogP contribution in [-0.4, -0.2) is 12.9 Å². The average molecular weight is 309 g/mol. The van der Waals surface area contributed by atoms with Crippen molar-refractivity contribution in [2.75, 3.05) is 7.11 Å². The predicted octanol–water partition coefficient (Wildman–Crippen LogP) is 3.83. The van der Waals surface area contributed by atoms with Crippen molar-refractivity contribution in [3.05, 3.63) is 63.9 Å². The average Bonchev–Trinajstić information content (AvgIpc) is 2.38. The molecule has 0 heterocycles. The van der Waals surface area contributed by atoms with Gasteiger partial charge in [0.05, 0.1) is 7.11 Å². The van der Waals surface area contributed by atoms with E-state index in [1.54, 1.807) is 30.3 Å². The van der Waals surface area contributed by atoms with Crippen LogP contribution in [0.15, 0.2) is 46.9 Å². The van der Waals surface area contributed by atoms with Crippen LogP contribution in [0.25, 0.3) is 0 Å². The minimum absolute atomic E-state index is 0.0395. The first kappa shape index (κ1) is 12.8. The zero-order chi connectivity index (χ0) is 13.1. The molecule has 0 fully saturated rings. The fraction of sp³-hybridized carbons (Fsp3) is 0.0714. The maximum absolute atomic E-state index is 13.7. The van der Waals surface area contributed by atoms with Gasteiger partial charge in [0.1, 0.15) is 17.1 Å². The van der Waals surface area contributed by atoms with Gasteiger partial charge in [-0.25, -0.2) is 4.39 Å². The zero-order valence-electron chi connectivity index (χ0n) is 9.61. The molecule has 2 aromatic carbocycles. The molecule has 0 radical (unpaired) electrons. The fourth-order valence-electron chi connectivity index (χ4n) is 1.64. The highest BCUT2D eigenvalue weighted by atomic mass is 79.9. The molecule has 0 saturated carbocycles. The summed E-state index contributed by atoms with van der Waals surface area (Å²) in [5, 5.41) is 0. The summed E-state index contributed by atoms with van der Waals surface area (Å²) in [6.45, 7) is 0. The lowest BCUT2D eigenvalue weighted by Crippen LogP contribution is -2.06. The SMILES string of the molecule is COc1cccc(F)c1C(=O)c1ccc(Br)cc1. The van der Waals surface area contributed by atoms with Gasteiger partial charge in [0, 0.05) is 10.0 Å². The van der Waals surface area contributed by atoms with Crippen molar-refractivity contribution in [3.8, 4) is 5.75 Å². The first-order valence-electron chi connectivity index (χ1n) is 5.26. The quantitative estimate of drug-likeness (QED) is 0.806. The van der Waals surface area contributed by atoms with Crippen molar-refractivity contribution in [3.63, 3.8) is 0 Å². The molecule has 0 atom stereocenters. The Bertz CT molecular complexity index is 579. The molecule has 0 spiro atoms. The van der Waals surface area contributed by atoms with E-state index < -0.39 is 11.6 Å². The van der Waals surface area contributed by atoms with Gasteiger partial charge < -0.3 is 4.74 Å². The highest BCUT2D eigenvalue weighted by molar-refractivity contribution is 9.10. The number of rotatable bonds is 3. The van der Waals surface area contributed by atoms with Crippen molar-refractivity contribution >= 4 is 21.7 Å². The molecule has 0 aliphatic heterocycles. The minimum Gasteiger partial charge on any atom is -0.496 e. The molecule has 92 valence electrons. The Morgan fingerprint density at radius 1 is 1.17 bits per heavy atom. The number of methoxy groups -OCH3 is 1. The Hall–Kier alpha value is -1.68. The molecule has 2 rings (SSSR count). The molecular formula is C14H10BrFO2. The van der Waals surface area contributed by atoms with Crippen LogP contribution in [-0.2, 0) is 0 Å². The summed E-state index contributed by atoms with van der Waals surface area (Å²) in [4.78, 5) is 12.2. The number of carbonyl (C=O) groups is 1. The van der Waals surface area contributed by atoms with E-state index in [2.05, 4.69) is 15.9 Å². The Kier molecular flexibility index (Phi) is 3.77. The number of carbonyl (C=O) groups excluding carboxylic acids is 1. The number of benzene rings is 2. The summed E-state index contributed by atoms with van der Waals surface area (Å²) in [7, 11) is 1.41. The fourth-order valence-corrected chi connectivity index (χ4v) is 1.90. The van der Waals surface area contributed by atoms with Gasteiger partial charge in [0.25, 0.3) is 0 Å². The second-order valence-corrected chi connectivity index (χ2v) is 4.57. The van der Waals surface area contributed by atoms with Crippen molar-refractivity contribution in [1.29, 1.82) is 0 Å². The van der Waals surface area contributed by atoms with Crippen molar-refractivity contribution < 1.29 is 13.9 Å². The van der Waals surface area contributed by atoms with Crippen LogP contribution in [0.5, 0.6) is 5.75 Å². The summed E-state index contributed by atoms with van der Waals surface area (Å²) in [5.41, 5.74) is 0.379. The Balaban J connectivity index is 2.49. The third kappa shape index (κ3) is 2.43. The second kappa shape index (κ2) is 5.31. The van der Waals surface area contributed by atoms with Crippen molar-refractivity contribution in [1.82, 2.24) is 0 Å². The number of halogens is 2. The first-order valence-corrected chi connectivity index (χ1v) is 6.05. The molecule has 0 aromatic heterocycles. The van der Waals surface area contributed by atoms with E-state index in [1.165, 1.54) is 19.2 Å². The van der Waals surface area contributed by atoms with E-state index in [9.17, 15) is 9.18 Å². The van der Waals surface area contributed by atoms with Gasteiger partial charge in [-0.2, -0.15) is 0 Å². The van der Waals surface area contributed by atoms with E-state index >= 15 is 0 Å². The molecular weight excluding hydrogens is 299 g/mol. The summed E-state index contributed by atoms with van der Waals surface area (Å²) in [6.07, 6.45) is 0. The van der Waals surface area contributed by atoms with E-state index in [0.717, 1.165) is 4.47 Å². The molecule has 0 bridgehead atoms. The standard InChI is InChI=1S/C14H10BrFO2/c1-18-12-4-2-3-11(16)13(12)14(17)9-5-7-10(15)8-6-9/h2-8H,1H3. The minimum atomic E-state index is -0.581. The molecule has 4 heteroatoms. The summed E-state index contributed by atoms with van der Waals surface area (Å²) >= 11 is 3.28. The van der Waals surface area contributed by atoms with Crippen LogP contribution in [0, 0.1) is 5.82 Å². The Morgan fingerprint density at radius 2 is 1.83 bits per heavy atom. The smallest absolute Gasteiger partial charge is 0.199 e. The molecule has 0 aliphatic carbocycles. The largest absolute Gasteiger partial charge is 0.496 e. The number of ketones is 1. The van der Waals surface area contributed by atoms with Crippen LogP contribution in [0.4, 0.5) is 4.39 Å². The molecule has 18 heavy (non-hydrogen) atoms. The Labute approximate surface area is 113 Å². The topological polar surface area (TPSA) is 26.3 Å². The van der Waals surface area contributed by atoms with Crippen LogP contribution in [0.2, 0.25) is 0 Å². The van der Waals surface area contributed by atoms with Crippen molar-refractivity contribution in [2.45, 2.75) is 0 Å². The van der Waals surface area contributed by atoms with E-state index in [1.807, 2.05) is 0 Å². The van der Waals surface area contributed by atoms with Crippen LogP contribution >= 0.6 is 15.9 Å². The molecule has 0 saturated heterocycles. The number of ether oxygens (including phenoxy) is 1. The number of hydrogen-bond donors (Lipinski definition) is 0. The lowest BCUT2D eigenvalue weighted by Gasteiger charge is -2.08. The van der Waals surface area contributed by atoms with Gasteiger partial charge in [0.15, 0.2) is 5.78 Å². The third-order valence-electron chi connectivity index (χ3n) is 2.53. The molecule has 2 nitrogen and oxygen atoms in total. The molecule has 2 aromatic rings. The van der Waals surface area contributed by atoms with E-state index in [4.69, 9.17) is 4.74 Å². The van der Waals surface area contributed by atoms with Gasteiger partial charge in [-0.3, -0.25) is 4.79 Å². The lowest BCUT2D eigenvalue weighted by molar-refractivity contribution is 0.103. The molecule has 0 N–H and O–H groups in total. The van der Waals surface area contributed by atoms with Crippen LogP contribution in [0.3, 0.4) is 0 Å². The third-order valence-corrected chi connectivity index (χ3v) is 3.06. The highest BCUT2D eigenvalue weighted by Gasteiger charge is 2.18. The number of hydrogen-bond acceptors (Lipinski definition) is 2. The highest BCUT2D eigenvalue weighted by Crippen LogP contribution is 2.24. The van der Waals surface area contributed by atoms with Gasteiger partial charge in [0.2, 0.25) is 0 Å². The van der Waals surface area contributed by atoms with Gasteiger partial charge >= 0.3 is 0 Å². The van der Waals surface area contributed by atoms with Gasteiger partial charge in [-0.05, 0) is 36.4 Å². The lowest BCUT2D eigenvalue weighted by atomic mass is 10.0. The zero-order valence-corrected chi connectivity index (χ0v) is 11.2. The molecule has 0 aliphatic rings. The van der Waals surface area contributed by atoms with E-state index in [-0.39, 0.29) is 11.3 Å². The monoisotopic (exact) mass is 308 g/mol. The maximum atomic E-state index is 13.7. The Morgan fingerprint density at radius 3 is 2.44 bits per heavy atom. The summed E-state index contributed by atoms with van der Waals surface area (Å²) < 4.78 is 19.6. The van der Waals surface area contributed by atoms with Crippen molar-refractivity contribution in [2.24, 2.45) is 0 Å². The maximum Gasteiger partial charge on any atom is 0.199 e. The van der Waals surface area contributed by atoms with Crippen LogP contribution in [0.1, 0.15) is 15.9 Å². The first-order chi connectivity index (χ1) is 8.63. The van der Waals surface area contributed by atoms with Gasteiger partial charge in [-0.1, -0.05) is 22.0 Å². The second-order valence-electron chi connectivity index (χ2n) is 3.65. The normalized spacial score (nSPS) is 10.2. The summed E-state index contributed by atoms with van der Waals surface area (Å²) in [6, 6.07) is 11.1. The summed E-state index contributed by atoms with van der Waals surface area (Å²) in [5.74, 6) is -0.734. The van der Waals surface area contributed by atoms with Gasteiger partial charge in [-0.15, -0.1) is 0 Å². The van der Waals surface area contributed by atoms with E-state index in [0.29, 0.717) is 5.56 Å².